The lowest BCUT2D eigenvalue weighted by molar-refractivity contribution is 1.00. The van der Waals surface area contributed by atoms with Gasteiger partial charge in [-0.05, 0) is 151 Å². The van der Waals surface area contributed by atoms with E-state index in [2.05, 4.69) is 172 Å². The average molecular weight is 739 g/mol. The molecule has 0 saturated carbocycles. The van der Waals surface area contributed by atoms with Crippen LogP contribution in [-0.2, 0) is 12.8 Å². The predicted octanol–water partition coefficient (Wildman–Crippen LogP) is 13.6. The zero-order valence-electron chi connectivity index (χ0n) is 33.1. The summed E-state index contributed by atoms with van der Waals surface area (Å²) in [6, 6.07) is 45.7. The summed E-state index contributed by atoms with van der Waals surface area (Å²) in [6.07, 6.45) is 15.1. The summed E-state index contributed by atoms with van der Waals surface area (Å²) in [7, 11) is 0. The summed E-state index contributed by atoms with van der Waals surface area (Å²) in [5.74, 6) is 2.12. The van der Waals surface area contributed by atoms with Crippen LogP contribution >= 0.6 is 0 Å². The van der Waals surface area contributed by atoms with Gasteiger partial charge in [0.25, 0.3) is 0 Å². The fourth-order valence-electron chi connectivity index (χ4n) is 8.45. The molecule has 0 atom stereocenters. The van der Waals surface area contributed by atoms with Gasteiger partial charge in [0, 0.05) is 33.8 Å². The van der Waals surface area contributed by atoms with Crippen LogP contribution in [-0.4, -0.2) is 15.0 Å². The van der Waals surface area contributed by atoms with Gasteiger partial charge >= 0.3 is 0 Å². The molecule has 4 heteroatoms. The number of aromatic nitrogens is 3. The van der Waals surface area contributed by atoms with Crippen LogP contribution in [0.15, 0.2) is 158 Å². The van der Waals surface area contributed by atoms with Gasteiger partial charge in [-0.15, -0.1) is 0 Å². The van der Waals surface area contributed by atoms with Crippen molar-refractivity contribution in [3.8, 4) is 45.0 Å². The monoisotopic (exact) mass is 738 g/mol. The van der Waals surface area contributed by atoms with E-state index in [0.717, 1.165) is 65.1 Å². The molecule has 0 N–H and O–H groups in total. The quantitative estimate of drug-likeness (QED) is 0.146. The van der Waals surface area contributed by atoms with Crippen molar-refractivity contribution in [3.05, 3.63) is 197 Å². The fraction of sp³-hybridized carbons (Fsp3) is 0.151. The molecule has 278 valence electrons. The Bertz CT molecular complexity index is 2670. The number of allylic oxidation sites excluding steroid dienone is 6. The van der Waals surface area contributed by atoms with Crippen molar-refractivity contribution in [2.75, 3.05) is 4.90 Å². The second kappa shape index (κ2) is 15.5. The molecular formula is C53H46N4. The number of rotatable bonds is 8. The number of nitrogens with zero attached hydrogens (tertiary/aromatic N) is 4. The second-order valence-corrected chi connectivity index (χ2v) is 15.3. The highest BCUT2D eigenvalue weighted by molar-refractivity contribution is 5.86. The van der Waals surface area contributed by atoms with Crippen molar-refractivity contribution >= 4 is 22.6 Å². The van der Waals surface area contributed by atoms with E-state index in [1.807, 2.05) is 18.2 Å². The molecular weight excluding hydrogens is 693 g/mol. The van der Waals surface area contributed by atoms with Crippen molar-refractivity contribution in [3.63, 3.8) is 0 Å². The summed E-state index contributed by atoms with van der Waals surface area (Å²) in [6.45, 7) is 8.91. The highest BCUT2D eigenvalue weighted by atomic mass is 15.1. The van der Waals surface area contributed by atoms with Gasteiger partial charge in [-0.2, -0.15) is 0 Å². The number of para-hydroxylation sites is 2. The molecule has 6 aromatic carbocycles. The van der Waals surface area contributed by atoms with Crippen LogP contribution in [0.2, 0.25) is 0 Å². The van der Waals surface area contributed by atoms with Crippen molar-refractivity contribution in [2.24, 2.45) is 0 Å². The van der Waals surface area contributed by atoms with Gasteiger partial charge in [0.2, 0.25) is 0 Å². The van der Waals surface area contributed by atoms with E-state index in [1.165, 1.54) is 55.8 Å². The van der Waals surface area contributed by atoms with Crippen molar-refractivity contribution in [2.45, 2.75) is 53.4 Å². The third-order valence-electron chi connectivity index (χ3n) is 11.4. The Kier molecular flexibility index (Phi) is 9.78. The molecule has 0 radical (unpaired) electrons. The maximum Gasteiger partial charge on any atom is 0.164 e. The summed E-state index contributed by atoms with van der Waals surface area (Å²) in [5.41, 5.74) is 19.4. The number of aryl methyl sites for hydroxylation is 4. The van der Waals surface area contributed by atoms with Crippen LogP contribution in [0.4, 0.5) is 17.1 Å². The van der Waals surface area contributed by atoms with Gasteiger partial charge in [-0.25, -0.2) is 15.0 Å². The van der Waals surface area contributed by atoms with Crippen LogP contribution < -0.4 is 4.90 Å². The van der Waals surface area contributed by atoms with E-state index >= 15 is 0 Å². The van der Waals surface area contributed by atoms with Gasteiger partial charge in [0.15, 0.2) is 17.5 Å². The SMILES string of the molecule is Cc1cc(-c2ccc(-c3cc(C)c(N(c4ccccc4)c4ccccc4)cc3C)c3c2CC=CC3)c(C)cc1-c1nc(C2=CCCC=C2)nc(-c2ccccc2)n1. The van der Waals surface area contributed by atoms with E-state index in [0.29, 0.717) is 11.6 Å². The first-order chi connectivity index (χ1) is 27.9. The van der Waals surface area contributed by atoms with E-state index in [-0.39, 0.29) is 0 Å². The van der Waals surface area contributed by atoms with Crippen LogP contribution in [0.5, 0.6) is 0 Å². The van der Waals surface area contributed by atoms with Gasteiger partial charge in [0.05, 0.1) is 0 Å². The molecule has 0 fully saturated rings. The predicted molar refractivity (Wildman–Crippen MR) is 238 cm³/mol. The van der Waals surface area contributed by atoms with E-state index < -0.39 is 0 Å². The van der Waals surface area contributed by atoms with Gasteiger partial charge < -0.3 is 4.90 Å². The highest BCUT2D eigenvalue weighted by Gasteiger charge is 2.23. The zero-order valence-corrected chi connectivity index (χ0v) is 33.1. The molecule has 1 aromatic heterocycles. The summed E-state index contributed by atoms with van der Waals surface area (Å²) < 4.78 is 0. The lowest BCUT2D eigenvalue weighted by atomic mass is 9.81. The van der Waals surface area contributed by atoms with Crippen LogP contribution in [0.3, 0.4) is 0 Å². The molecule has 0 spiro atoms. The highest BCUT2D eigenvalue weighted by Crippen LogP contribution is 2.43. The summed E-state index contributed by atoms with van der Waals surface area (Å²) in [5, 5.41) is 0. The van der Waals surface area contributed by atoms with Crippen molar-refractivity contribution in [1.29, 1.82) is 0 Å². The van der Waals surface area contributed by atoms with Crippen molar-refractivity contribution < 1.29 is 0 Å². The number of hydrogen-bond donors (Lipinski definition) is 0. The smallest absolute Gasteiger partial charge is 0.164 e. The Morgan fingerprint density at radius 1 is 0.439 bits per heavy atom. The Balaban J connectivity index is 1.11. The number of fused-ring (bicyclic) bond motifs is 1. The third-order valence-corrected chi connectivity index (χ3v) is 11.4. The molecule has 0 saturated heterocycles. The molecule has 7 aromatic rings. The first-order valence-corrected chi connectivity index (χ1v) is 20.0. The maximum absolute atomic E-state index is 5.09. The number of hydrogen-bond acceptors (Lipinski definition) is 4. The molecule has 4 nitrogen and oxygen atoms in total. The van der Waals surface area contributed by atoms with Crippen LogP contribution in [0, 0.1) is 27.7 Å². The minimum Gasteiger partial charge on any atom is -0.310 e. The van der Waals surface area contributed by atoms with Gasteiger partial charge in [-0.3, -0.25) is 0 Å². The largest absolute Gasteiger partial charge is 0.310 e. The molecule has 0 amide bonds. The molecule has 0 bridgehead atoms. The zero-order chi connectivity index (χ0) is 38.9. The molecule has 1 heterocycles. The Hall–Kier alpha value is -6.65. The molecule has 0 unspecified atom stereocenters. The number of benzene rings is 6. The molecule has 2 aliphatic carbocycles. The number of anilines is 3. The van der Waals surface area contributed by atoms with Crippen molar-refractivity contribution in [1.82, 2.24) is 15.0 Å². The minimum absolute atomic E-state index is 0.694. The lowest BCUT2D eigenvalue weighted by Crippen LogP contribution is -2.12. The molecule has 2 aliphatic rings. The van der Waals surface area contributed by atoms with Gasteiger partial charge in [0.1, 0.15) is 0 Å². The maximum atomic E-state index is 5.09. The second-order valence-electron chi connectivity index (χ2n) is 15.3. The molecule has 57 heavy (non-hydrogen) atoms. The third kappa shape index (κ3) is 7.04. The minimum atomic E-state index is 0.694. The standard InChI is InChI=1S/C53H46N4/c1-35-32-49(53-55-51(39-19-9-5-10-20-39)54-52(56-53)40-21-11-6-12-22-40)36(2)31-47(35)45-29-30-46(44-28-18-17-27-43(44)45)48-33-38(4)50(34-37(48)3)57(41-23-13-7-14-24-41)42-25-15-8-16-26-42/h5,7-11,13-26,29-34H,6,12,27-28H2,1-4H3. The average Bonchev–Trinajstić information content (AvgIpc) is 3.26. The Labute approximate surface area is 336 Å². The van der Waals surface area contributed by atoms with Crippen LogP contribution in [0.1, 0.15) is 52.0 Å². The molecule has 9 rings (SSSR count). The van der Waals surface area contributed by atoms with E-state index in [9.17, 15) is 0 Å². The first-order valence-electron chi connectivity index (χ1n) is 20.0. The van der Waals surface area contributed by atoms with E-state index in [4.69, 9.17) is 15.0 Å². The first kappa shape index (κ1) is 36.0. The lowest BCUT2D eigenvalue weighted by Gasteiger charge is -2.28. The Morgan fingerprint density at radius 3 is 1.54 bits per heavy atom. The fourth-order valence-corrected chi connectivity index (χ4v) is 8.45. The summed E-state index contributed by atoms with van der Waals surface area (Å²) in [4.78, 5) is 17.5. The van der Waals surface area contributed by atoms with E-state index in [1.54, 1.807) is 0 Å². The van der Waals surface area contributed by atoms with Gasteiger partial charge in [-0.1, -0.05) is 115 Å². The molecule has 0 aliphatic heterocycles. The van der Waals surface area contributed by atoms with Crippen LogP contribution in [0.25, 0.3) is 50.6 Å². The normalized spacial score (nSPS) is 13.3. The summed E-state index contributed by atoms with van der Waals surface area (Å²) >= 11 is 0. The topological polar surface area (TPSA) is 41.9 Å². The Morgan fingerprint density at radius 2 is 0.947 bits per heavy atom.